The molecular weight excluding hydrogens is 318 g/mol. The van der Waals surface area contributed by atoms with Gasteiger partial charge in [-0.25, -0.2) is 0 Å². The van der Waals surface area contributed by atoms with Gasteiger partial charge >= 0.3 is 0 Å². The van der Waals surface area contributed by atoms with E-state index in [1.807, 2.05) is 0 Å². The minimum Gasteiger partial charge on any atom is -0.376 e. The first-order chi connectivity index (χ1) is 12.5. The summed E-state index contributed by atoms with van der Waals surface area (Å²) in [6.45, 7) is 8.65. The molecule has 2 heteroatoms. The normalized spacial score (nSPS) is 23.5. The van der Waals surface area contributed by atoms with Crippen molar-refractivity contribution in [1.82, 2.24) is 5.32 Å². The summed E-state index contributed by atoms with van der Waals surface area (Å²) in [7, 11) is 0. The Labute approximate surface area is 159 Å². The molecule has 2 atom stereocenters. The van der Waals surface area contributed by atoms with Gasteiger partial charge in [0.15, 0.2) is 0 Å². The predicted molar refractivity (Wildman–Crippen MR) is 109 cm³/mol. The maximum atomic E-state index is 6.03. The van der Waals surface area contributed by atoms with Gasteiger partial charge in [0.25, 0.3) is 0 Å². The SMILES string of the molecule is C[C@@H](NCC[C@]1(Cc2ccccc2)CCOC(C)(C)C1)c1ccccc1. The zero-order valence-electron chi connectivity index (χ0n) is 16.5. The Kier molecular flexibility index (Phi) is 6.16. The van der Waals surface area contributed by atoms with Crippen LogP contribution in [0.5, 0.6) is 0 Å². The van der Waals surface area contributed by atoms with Crippen molar-refractivity contribution >= 4 is 0 Å². The van der Waals surface area contributed by atoms with Crippen LogP contribution in [-0.4, -0.2) is 18.8 Å². The average Bonchev–Trinajstić information content (AvgIpc) is 2.62. The summed E-state index contributed by atoms with van der Waals surface area (Å²) in [4.78, 5) is 0. The number of hydrogen-bond donors (Lipinski definition) is 1. The summed E-state index contributed by atoms with van der Waals surface area (Å²) in [6.07, 6.45) is 4.59. The van der Waals surface area contributed by atoms with E-state index in [1.165, 1.54) is 17.5 Å². The van der Waals surface area contributed by atoms with Gasteiger partial charge in [-0.3, -0.25) is 0 Å². The van der Waals surface area contributed by atoms with Crippen LogP contribution >= 0.6 is 0 Å². The Balaban J connectivity index is 1.66. The van der Waals surface area contributed by atoms with Crippen molar-refractivity contribution < 1.29 is 4.74 Å². The van der Waals surface area contributed by atoms with Crippen molar-refractivity contribution in [1.29, 1.82) is 0 Å². The Bertz CT molecular complexity index is 667. The average molecular weight is 352 g/mol. The molecule has 0 aromatic heterocycles. The summed E-state index contributed by atoms with van der Waals surface area (Å²) >= 11 is 0. The fraction of sp³-hybridized carbons (Fsp3) is 0.500. The topological polar surface area (TPSA) is 21.3 Å². The molecule has 1 saturated heterocycles. The smallest absolute Gasteiger partial charge is 0.0631 e. The van der Waals surface area contributed by atoms with Crippen LogP contribution in [-0.2, 0) is 11.2 Å². The molecule has 3 rings (SSSR count). The molecule has 140 valence electrons. The molecule has 2 nitrogen and oxygen atoms in total. The Morgan fingerprint density at radius 1 is 1.00 bits per heavy atom. The second-order valence-electron chi connectivity index (χ2n) is 8.53. The van der Waals surface area contributed by atoms with E-state index in [2.05, 4.69) is 86.8 Å². The molecule has 0 bridgehead atoms. The molecule has 1 heterocycles. The predicted octanol–water partition coefficient (Wildman–Crippen LogP) is 5.55. The van der Waals surface area contributed by atoms with Gasteiger partial charge in [0.1, 0.15) is 0 Å². The summed E-state index contributed by atoms with van der Waals surface area (Å²) in [5.41, 5.74) is 3.09. The van der Waals surface area contributed by atoms with Crippen molar-refractivity contribution in [2.24, 2.45) is 5.41 Å². The number of ether oxygens (including phenoxy) is 1. The third-order valence-corrected chi connectivity index (χ3v) is 5.75. The molecule has 0 spiro atoms. The van der Waals surface area contributed by atoms with Gasteiger partial charge in [-0.2, -0.15) is 0 Å². The molecule has 0 saturated carbocycles. The molecule has 2 aromatic carbocycles. The van der Waals surface area contributed by atoms with Crippen molar-refractivity contribution in [2.75, 3.05) is 13.2 Å². The molecule has 0 aliphatic carbocycles. The zero-order chi connectivity index (χ0) is 18.5. The van der Waals surface area contributed by atoms with Crippen LogP contribution < -0.4 is 5.32 Å². The van der Waals surface area contributed by atoms with Crippen LogP contribution in [0, 0.1) is 5.41 Å². The van der Waals surface area contributed by atoms with E-state index < -0.39 is 0 Å². The van der Waals surface area contributed by atoms with Crippen molar-refractivity contribution in [3.05, 3.63) is 71.8 Å². The molecule has 0 radical (unpaired) electrons. The van der Waals surface area contributed by atoms with Crippen LogP contribution in [0.3, 0.4) is 0 Å². The molecule has 26 heavy (non-hydrogen) atoms. The monoisotopic (exact) mass is 351 g/mol. The van der Waals surface area contributed by atoms with E-state index >= 15 is 0 Å². The Morgan fingerprint density at radius 2 is 1.65 bits per heavy atom. The highest BCUT2D eigenvalue weighted by Gasteiger charge is 2.40. The maximum Gasteiger partial charge on any atom is 0.0631 e. The van der Waals surface area contributed by atoms with Crippen LogP contribution in [0.2, 0.25) is 0 Å². The lowest BCUT2D eigenvalue weighted by Gasteiger charge is -2.45. The third kappa shape index (κ3) is 5.18. The Morgan fingerprint density at radius 3 is 2.31 bits per heavy atom. The van der Waals surface area contributed by atoms with Gasteiger partial charge in [0.2, 0.25) is 0 Å². The summed E-state index contributed by atoms with van der Waals surface area (Å²) in [5, 5.41) is 3.74. The first-order valence-corrected chi connectivity index (χ1v) is 9.94. The number of hydrogen-bond acceptors (Lipinski definition) is 2. The highest BCUT2D eigenvalue weighted by Crippen LogP contribution is 2.43. The van der Waals surface area contributed by atoms with Gasteiger partial charge in [-0.15, -0.1) is 0 Å². The maximum absolute atomic E-state index is 6.03. The van der Waals surface area contributed by atoms with Crippen molar-refractivity contribution in [3.63, 3.8) is 0 Å². The molecule has 1 aliphatic rings. The van der Waals surface area contributed by atoms with Crippen LogP contribution in [0.1, 0.15) is 57.2 Å². The van der Waals surface area contributed by atoms with Gasteiger partial charge in [-0.1, -0.05) is 60.7 Å². The quantitative estimate of drug-likeness (QED) is 0.706. The van der Waals surface area contributed by atoms with E-state index in [4.69, 9.17) is 4.74 Å². The third-order valence-electron chi connectivity index (χ3n) is 5.75. The van der Waals surface area contributed by atoms with Crippen LogP contribution in [0.15, 0.2) is 60.7 Å². The first-order valence-electron chi connectivity index (χ1n) is 9.94. The molecule has 0 unspecified atom stereocenters. The highest BCUT2D eigenvalue weighted by atomic mass is 16.5. The largest absolute Gasteiger partial charge is 0.376 e. The van der Waals surface area contributed by atoms with Gasteiger partial charge in [-0.05, 0) is 69.5 Å². The van der Waals surface area contributed by atoms with Gasteiger partial charge in [0, 0.05) is 12.6 Å². The molecule has 1 N–H and O–H groups in total. The van der Waals surface area contributed by atoms with Crippen LogP contribution in [0.25, 0.3) is 0 Å². The lowest BCUT2D eigenvalue weighted by atomic mass is 9.68. The van der Waals surface area contributed by atoms with Crippen LogP contribution in [0.4, 0.5) is 0 Å². The number of benzene rings is 2. The molecule has 0 amide bonds. The Hall–Kier alpha value is -1.64. The number of rotatable bonds is 7. The van der Waals surface area contributed by atoms with Gasteiger partial charge in [0.05, 0.1) is 5.60 Å². The minimum absolute atomic E-state index is 0.0297. The number of nitrogens with one attached hydrogen (secondary N) is 1. The van der Waals surface area contributed by atoms with E-state index in [9.17, 15) is 0 Å². The zero-order valence-corrected chi connectivity index (χ0v) is 16.5. The van der Waals surface area contributed by atoms with Crippen molar-refractivity contribution in [3.8, 4) is 0 Å². The second-order valence-corrected chi connectivity index (χ2v) is 8.53. The minimum atomic E-state index is -0.0297. The summed E-state index contributed by atoms with van der Waals surface area (Å²) in [6, 6.07) is 22.1. The van der Waals surface area contributed by atoms with E-state index in [1.54, 1.807) is 0 Å². The summed E-state index contributed by atoms with van der Waals surface area (Å²) < 4.78 is 6.03. The lowest BCUT2D eigenvalue weighted by Crippen LogP contribution is -2.44. The molecule has 1 fully saturated rings. The fourth-order valence-corrected chi connectivity index (χ4v) is 4.48. The highest BCUT2D eigenvalue weighted by molar-refractivity contribution is 5.19. The van der Waals surface area contributed by atoms with Gasteiger partial charge < -0.3 is 10.1 Å². The first kappa shape index (κ1) is 19.1. The lowest BCUT2D eigenvalue weighted by molar-refractivity contribution is -0.107. The molecule has 2 aromatic rings. The fourth-order valence-electron chi connectivity index (χ4n) is 4.48. The second kappa shape index (κ2) is 8.37. The van der Waals surface area contributed by atoms with E-state index in [0.29, 0.717) is 11.5 Å². The molecular formula is C24H33NO. The van der Waals surface area contributed by atoms with E-state index in [-0.39, 0.29) is 5.60 Å². The summed E-state index contributed by atoms with van der Waals surface area (Å²) in [5.74, 6) is 0. The standard InChI is InChI=1S/C24H33NO/c1-20(22-12-8-5-9-13-22)25-16-14-24(15-17-26-23(2,3)19-24)18-21-10-6-4-7-11-21/h4-13,20,25H,14-19H2,1-3H3/t20-,24-/m1/s1. The molecule has 1 aliphatic heterocycles. The van der Waals surface area contributed by atoms with Crippen molar-refractivity contribution in [2.45, 2.75) is 58.1 Å². The van der Waals surface area contributed by atoms with E-state index in [0.717, 1.165) is 32.4 Å².